The van der Waals surface area contributed by atoms with Crippen LogP contribution in [0.3, 0.4) is 0 Å². The van der Waals surface area contributed by atoms with Crippen LogP contribution in [-0.2, 0) is 7.05 Å². The summed E-state index contributed by atoms with van der Waals surface area (Å²) in [5, 5.41) is 7.64. The molecule has 3 aromatic rings. The van der Waals surface area contributed by atoms with Crippen LogP contribution in [0.2, 0.25) is 0 Å². The highest BCUT2D eigenvalue weighted by atomic mass is 19.1. The van der Waals surface area contributed by atoms with Gasteiger partial charge in [0.1, 0.15) is 24.5 Å². The minimum atomic E-state index is -0.435. The quantitative estimate of drug-likeness (QED) is 0.661. The Bertz CT molecular complexity index is 1130. The molecule has 0 radical (unpaired) electrons. The number of halogens is 1. The van der Waals surface area contributed by atoms with Crippen molar-refractivity contribution in [2.24, 2.45) is 18.0 Å². The maximum Gasteiger partial charge on any atom is 0.185 e. The number of aliphatic imine (C=N–C) groups is 1. The number of rotatable bonds is 2. The third-order valence-corrected chi connectivity index (χ3v) is 5.17. The predicted octanol–water partition coefficient (Wildman–Crippen LogP) is 4.55. The lowest BCUT2D eigenvalue weighted by molar-refractivity contribution is 0.0999. The first kappa shape index (κ1) is 20.9. The van der Waals surface area contributed by atoms with Crippen LogP contribution < -0.4 is 5.32 Å². The summed E-state index contributed by atoms with van der Waals surface area (Å²) in [4.78, 5) is 21.4. The molecule has 0 saturated carbocycles. The van der Waals surface area contributed by atoms with E-state index in [1.807, 2.05) is 37.4 Å². The summed E-state index contributed by atoms with van der Waals surface area (Å²) in [6.45, 7) is 6.51. The van der Waals surface area contributed by atoms with Gasteiger partial charge in [-0.05, 0) is 23.6 Å². The van der Waals surface area contributed by atoms with Crippen LogP contribution in [0.15, 0.2) is 53.8 Å². The molecule has 31 heavy (non-hydrogen) atoms. The topological polar surface area (TPSA) is 72.2 Å². The lowest BCUT2D eigenvalue weighted by atomic mass is 9.78. The molecule has 1 aromatic heterocycles. The van der Waals surface area contributed by atoms with Crippen LogP contribution >= 0.6 is 0 Å². The molecule has 0 saturated heterocycles. The van der Waals surface area contributed by atoms with Crippen molar-refractivity contribution in [1.29, 1.82) is 0 Å². The standard InChI is InChI=1S/C20H16FN5O.C4H10/c1-26-20(23-10-24-26)17-18(11-5-3-2-4-6-11)25-14-8-12(21)7-13-15(27)9-22-19(17)16(13)14;1-4(2)3/h2-8,10,17-18,25H,9H2,1H3;4H,1-3H3/t17-,18?;/m1./s1. The Labute approximate surface area is 181 Å². The second-order valence-corrected chi connectivity index (χ2v) is 8.48. The summed E-state index contributed by atoms with van der Waals surface area (Å²) in [7, 11) is 1.83. The van der Waals surface area contributed by atoms with Crippen LogP contribution in [0.4, 0.5) is 10.1 Å². The Morgan fingerprint density at radius 3 is 2.52 bits per heavy atom. The molecule has 2 atom stereocenters. The highest BCUT2D eigenvalue weighted by Gasteiger charge is 2.41. The molecule has 5 rings (SSSR count). The van der Waals surface area contributed by atoms with Gasteiger partial charge in [-0.1, -0.05) is 51.1 Å². The fraction of sp³-hybridized carbons (Fsp3) is 0.333. The van der Waals surface area contributed by atoms with E-state index in [2.05, 4.69) is 41.2 Å². The summed E-state index contributed by atoms with van der Waals surface area (Å²) >= 11 is 0. The Morgan fingerprint density at radius 1 is 1.16 bits per heavy atom. The minimum Gasteiger partial charge on any atom is -0.376 e. The zero-order valence-corrected chi connectivity index (χ0v) is 18.1. The van der Waals surface area contributed by atoms with Crippen molar-refractivity contribution in [3.05, 3.63) is 77.1 Å². The molecule has 160 valence electrons. The number of hydrogen-bond donors (Lipinski definition) is 1. The second-order valence-electron chi connectivity index (χ2n) is 8.48. The first-order valence-corrected chi connectivity index (χ1v) is 10.4. The van der Waals surface area contributed by atoms with Crippen molar-refractivity contribution < 1.29 is 9.18 Å². The Kier molecular flexibility index (Phi) is 5.67. The fourth-order valence-corrected chi connectivity index (χ4v) is 3.99. The van der Waals surface area contributed by atoms with E-state index in [1.165, 1.54) is 18.5 Å². The average molecular weight is 420 g/mol. The zero-order chi connectivity index (χ0) is 22.1. The summed E-state index contributed by atoms with van der Waals surface area (Å²) in [6.07, 6.45) is 1.51. The van der Waals surface area contributed by atoms with E-state index in [9.17, 15) is 9.18 Å². The maximum absolute atomic E-state index is 14.2. The third kappa shape index (κ3) is 4.00. The first-order valence-electron chi connectivity index (χ1n) is 10.4. The lowest BCUT2D eigenvalue weighted by Gasteiger charge is -2.37. The maximum atomic E-state index is 14.2. The van der Waals surface area contributed by atoms with Gasteiger partial charge in [0.2, 0.25) is 0 Å². The van der Waals surface area contributed by atoms with E-state index in [4.69, 9.17) is 0 Å². The molecular weight excluding hydrogens is 393 g/mol. The number of benzene rings is 2. The Hall–Kier alpha value is -3.35. The van der Waals surface area contributed by atoms with E-state index in [1.54, 1.807) is 4.68 Å². The number of anilines is 1. The van der Waals surface area contributed by atoms with Crippen LogP contribution in [0.5, 0.6) is 0 Å². The number of aryl methyl sites for hydroxylation is 1. The van der Waals surface area contributed by atoms with Gasteiger partial charge in [0.05, 0.1) is 17.7 Å². The number of aromatic nitrogens is 3. The van der Waals surface area contributed by atoms with Gasteiger partial charge >= 0.3 is 0 Å². The molecule has 2 aliphatic heterocycles. The van der Waals surface area contributed by atoms with E-state index >= 15 is 0 Å². The van der Waals surface area contributed by atoms with Crippen LogP contribution in [0.1, 0.15) is 60.0 Å². The van der Waals surface area contributed by atoms with Crippen molar-refractivity contribution in [2.45, 2.75) is 32.7 Å². The van der Waals surface area contributed by atoms with Gasteiger partial charge in [0.15, 0.2) is 5.78 Å². The van der Waals surface area contributed by atoms with Crippen LogP contribution in [0, 0.1) is 11.7 Å². The molecule has 0 aliphatic carbocycles. The molecule has 0 amide bonds. The third-order valence-electron chi connectivity index (χ3n) is 5.17. The van der Waals surface area contributed by atoms with Crippen molar-refractivity contribution in [1.82, 2.24) is 14.8 Å². The molecule has 7 heteroatoms. The number of carbonyl (C=O) groups excluding carboxylic acids is 1. The van der Waals surface area contributed by atoms with Crippen LogP contribution in [-0.4, -0.2) is 32.8 Å². The molecule has 2 aromatic carbocycles. The normalized spacial score (nSPS) is 19.2. The van der Waals surface area contributed by atoms with Crippen molar-refractivity contribution in [3.8, 4) is 0 Å². The summed E-state index contributed by atoms with van der Waals surface area (Å²) < 4.78 is 15.9. The SMILES string of the molecule is CC(C)C.Cn1ncnc1[C@H]1C2=NCC(=O)c3cc(F)cc(c32)NC1c1ccccc1. The average Bonchev–Trinajstić information content (AvgIpc) is 3.15. The fourth-order valence-electron chi connectivity index (χ4n) is 3.99. The number of hydrogen-bond acceptors (Lipinski definition) is 5. The van der Waals surface area contributed by atoms with E-state index < -0.39 is 5.82 Å². The largest absolute Gasteiger partial charge is 0.376 e. The van der Waals surface area contributed by atoms with Crippen molar-refractivity contribution in [3.63, 3.8) is 0 Å². The van der Waals surface area contributed by atoms with Gasteiger partial charge in [0, 0.05) is 23.9 Å². The Morgan fingerprint density at radius 2 is 1.87 bits per heavy atom. The predicted molar refractivity (Wildman–Crippen MR) is 119 cm³/mol. The van der Waals surface area contributed by atoms with Gasteiger partial charge in [-0.2, -0.15) is 5.10 Å². The smallest absolute Gasteiger partial charge is 0.185 e. The summed E-state index contributed by atoms with van der Waals surface area (Å²) in [5.41, 5.74) is 3.42. The molecule has 1 unspecified atom stereocenters. The van der Waals surface area contributed by atoms with Crippen molar-refractivity contribution >= 4 is 17.2 Å². The molecular formula is C24H26FN5O. The summed E-state index contributed by atoms with van der Waals surface area (Å²) in [5.74, 6) is 0.719. The van der Waals surface area contributed by atoms with Gasteiger partial charge in [-0.15, -0.1) is 0 Å². The number of Topliss-reactive ketones (excluding diaryl/α,β-unsaturated/α-hetero) is 1. The van der Waals surface area contributed by atoms with E-state index in [0.717, 1.165) is 23.0 Å². The number of nitrogens with zero attached hydrogens (tertiary/aromatic N) is 4. The number of nitrogens with one attached hydrogen (secondary N) is 1. The van der Waals surface area contributed by atoms with E-state index in [0.29, 0.717) is 16.8 Å². The number of carbonyl (C=O) groups is 1. The minimum absolute atomic E-state index is 0.0150. The van der Waals surface area contributed by atoms with Gasteiger partial charge in [0.25, 0.3) is 0 Å². The van der Waals surface area contributed by atoms with E-state index in [-0.39, 0.29) is 24.3 Å². The molecule has 0 bridgehead atoms. The lowest BCUT2D eigenvalue weighted by Crippen LogP contribution is -2.37. The van der Waals surface area contributed by atoms with Crippen LogP contribution in [0.25, 0.3) is 0 Å². The molecule has 3 heterocycles. The Balaban J connectivity index is 0.000000535. The van der Waals surface area contributed by atoms with Gasteiger partial charge in [-0.25, -0.2) is 9.37 Å². The highest BCUT2D eigenvalue weighted by molar-refractivity contribution is 6.21. The molecule has 0 fully saturated rings. The second kappa shape index (κ2) is 8.41. The molecule has 6 nitrogen and oxygen atoms in total. The van der Waals surface area contributed by atoms with Gasteiger partial charge < -0.3 is 5.32 Å². The summed E-state index contributed by atoms with van der Waals surface area (Å²) in [6, 6.07) is 12.4. The van der Waals surface area contributed by atoms with Crippen molar-refractivity contribution in [2.75, 3.05) is 11.9 Å². The zero-order valence-electron chi connectivity index (χ0n) is 18.1. The molecule has 0 spiro atoms. The molecule has 2 aliphatic rings. The molecule has 1 N–H and O–H groups in total. The number of ketones is 1. The monoisotopic (exact) mass is 419 g/mol. The van der Waals surface area contributed by atoms with Gasteiger partial charge in [-0.3, -0.25) is 14.5 Å². The highest BCUT2D eigenvalue weighted by Crippen LogP contribution is 2.44. The first-order chi connectivity index (χ1) is 14.9.